The fraction of sp³-hybridized carbons (Fsp3) is 0.538. The summed E-state index contributed by atoms with van der Waals surface area (Å²) >= 11 is 0. The molecule has 2 aromatic carbocycles. The molecule has 0 radical (unpaired) electrons. The molecule has 2 atom stereocenters. The van der Waals surface area contributed by atoms with Gasteiger partial charge in [0.25, 0.3) is 0 Å². The van der Waals surface area contributed by atoms with Gasteiger partial charge in [-0.3, -0.25) is 0 Å². The number of hydrogen-bond donors (Lipinski definition) is 2. The maximum Gasteiger partial charge on any atom is 0.166 e. The van der Waals surface area contributed by atoms with E-state index in [0.717, 1.165) is 48.4 Å². The number of ether oxygens (including phenoxy) is 2. The first-order valence-electron chi connectivity index (χ1n) is 11.3. The summed E-state index contributed by atoms with van der Waals surface area (Å²) in [5.41, 5.74) is 3.13. The number of rotatable bonds is 7. The van der Waals surface area contributed by atoms with Gasteiger partial charge in [0, 0.05) is 17.6 Å². The predicted octanol–water partition coefficient (Wildman–Crippen LogP) is 4.76. The molecule has 0 heterocycles. The minimum Gasteiger partial charge on any atom is -0.493 e. The summed E-state index contributed by atoms with van der Waals surface area (Å²) in [6, 6.07) is 14.6. The van der Waals surface area contributed by atoms with E-state index in [9.17, 15) is 5.11 Å². The second-order valence-corrected chi connectivity index (χ2v) is 10.0. The molecule has 30 heavy (non-hydrogen) atoms. The lowest BCUT2D eigenvalue weighted by Crippen LogP contribution is -2.64. The van der Waals surface area contributed by atoms with Gasteiger partial charge in [-0.2, -0.15) is 0 Å². The molecule has 6 rings (SSSR count). The maximum atomic E-state index is 11.0. The van der Waals surface area contributed by atoms with Crippen molar-refractivity contribution in [2.45, 2.75) is 69.7 Å². The molecule has 4 aliphatic rings. The molecule has 4 aliphatic carbocycles. The number of hydrogen-bond acceptors (Lipinski definition) is 4. The predicted molar refractivity (Wildman–Crippen MR) is 118 cm³/mol. The Bertz CT molecular complexity index is 893. The first kappa shape index (κ1) is 19.9. The molecule has 4 fully saturated rings. The van der Waals surface area contributed by atoms with Crippen LogP contribution in [0.2, 0.25) is 0 Å². The van der Waals surface area contributed by atoms with Gasteiger partial charge in [-0.1, -0.05) is 42.0 Å². The van der Waals surface area contributed by atoms with Gasteiger partial charge >= 0.3 is 0 Å². The summed E-state index contributed by atoms with van der Waals surface area (Å²) in [5.74, 6) is 2.93. The lowest BCUT2D eigenvalue weighted by molar-refractivity contribution is -0.142. The largest absolute Gasteiger partial charge is 0.493 e. The Morgan fingerprint density at radius 2 is 1.77 bits per heavy atom. The van der Waals surface area contributed by atoms with Crippen LogP contribution >= 0.6 is 0 Å². The molecule has 4 nitrogen and oxygen atoms in total. The van der Waals surface area contributed by atoms with Crippen LogP contribution in [-0.2, 0) is 13.2 Å². The van der Waals surface area contributed by atoms with E-state index >= 15 is 0 Å². The van der Waals surface area contributed by atoms with Gasteiger partial charge in [0.05, 0.1) is 12.7 Å². The van der Waals surface area contributed by atoms with E-state index in [0.29, 0.717) is 18.4 Å². The zero-order valence-corrected chi connectivity index (χ0v) is 18.1. The summed E-state index contributed by atoms with van der Waals surface area (Å²) in [6.07, 6.45) is 6.56. The van der Waals surface area contributed by atoms with E-state index in [1.54, 1.807) is 7.11 Å². The SMILES string of the molecule is COc1cccc(CNC23CC4CC(CC(O)(C4)C2)C3)c1OCc1ccc(C)cc1. The molecule has 0 aliphatic heterocycles. The molecule has 0 amide bonds. The van der Waals surface area contributed by atoms with Gasteiger partial charge in [-0.15, -0.1) is 0 Å². The van der Waals surface area contributed by atoms with Crippen LogP contribution < -0.4 is 14.8 Å². The van der Waals surface area contributed by atoms with Crippen LogP contribution in [0.15, 0.2) is 42.5 Å². The minimum absolute atomic E-state index is 0.0656. The molecule has 0 aromatic heterocycles. The van der Waals surface area contributed by atoms with Crippen LogP contribution in [0.1, 0.15) is 55.2 Å². The molecular formula is C26H33NO3. The average molecular weight is 408 g/mol. The molecule has 2 aromatic rings. The fourth-order valence-corrected chi connectivity index (χ4v) is 6.57. The lowest BCUT2D eigenvalue weighted by Gasteiger charge is -2.60. The van der Waals surface area contributed by atoms with Gasteiger partial charge in [0.1, 0.15) is 6.61 Å². The van der Waals surface area contributed by atoms with E-state index in [2.05, 4.69) is 42.6 Å². The standard InChI is InChI=1S/C26H33NO3/c1-18-6-8-19(9-7-18)16-30-24-22(4-3-5-23(24)29-2)15-27-25-11-20-10-21(12-25)14-26(28,13-20)17-25/h3-9,20-21,27-28H,10-17H2,1-2H3. The number of methoxy groups -OCH3 is 1. The molecule has 160 valence electrons. The first-order valence-corrected chi connectivity index (χ1v) is 11.3. The third-order valence-electron chi connectivity index (χ3n) is 7.47. The summed E-state index contributed by atoms with van der Waals surface area (Å²) in [4.78, 5) is 0. The van der Waals surface area contributed by atoms with Crippen molar-refractivity contribution in [3.05, 3.63) is 59.2 Å². The Morgan fingerprint density at radius 3 is 2.43 bits per heavy atom. The second-order valence-electron chi connectivity index (χ2n) is 10.0. The number of para-hydroxylation sites is 1. The summed E-state index contributed by atoms with van der Waals surface area (Å²) < 4.78 is 11.9. The highest BCUT2D eigenvalue weighted by Crippen LogP contribution is 2.57. The van der Waals surface area contributed by atoms with Gasteiger partial charge in [-0.25, -0.2) is 0 Å². The highest BCUT2D eigenvalue weighted by atomic mass is 16.5. The number of benzene rings is 2. The normalized spacial score (nSPS) is 31.7. The van der Waals surface area contributed by atoms with Gasteiger partial charge < -0.3 is 19.9 Å². The average Bonchev–Trinajstić information content (AvgIpc) is 2.70. The highest BCUT2D eigenvalue weighted by molar-refractivity contribution is 5.47. The van der Waals surface area contributed by atoms with Crippen molar-refractivity contribution in [1.29, 1.82) is 0 Å². The van der Waals surface area contributed by atoms with Gasteiger partial charge in [0.15, 0.2) is 11.5 Å². The topological polar surface area (TPSA) is 50.7 Å². The zero-order valence-electron chi connectivity index (χ0n) is 18.1. The molecular weight excluding hydrogens is 374 g/mol. The van der Waals surface area contributed by atoms with Crippen molar-refractivity contribution in [2.75, 3.05) is 7.11 Å². The van der Waals surface area contributed by atoms with Crippen LogP contribution in [0, 0.1) is 18.8 Å². The van der Waals surface area contributed by atoms with E-state index in [1.165, 1.54) is 24.8 Å². The van der Waals surface area contributed by atoms with E-state index in [-0.39, 0.29) is 5.54 Å². The Balaban J connectivity index is 1.33. The highest BCUT2D eigenvalue weighted by Gasteiger charge is 2.56. The van der Waals surface area contributed by atoms with Crippen molar-refractivity contribution in [2.24, 2.45) is 11.8 Å². The van der Waals surface area contributed by atoms with E-state index < -0.39 is 5.60 Å². The van der Waals surface area contributed by atoms with Gasteiger partial charge in [-0.05, 0) is 68.9 Å². The lowest BCUT2D eigenvalue weighted by atomic mass is 9.51. The molecule has 2 N–H and O–H groups in total. The van der Waals surface area contributed by atoms with Gasteiger partial charge in [0.2, 0.25) is 0 Å². The van der Waals surface area contributed by atoms with Crippen LogP contribution in [0.25, 0.3) is 0 Å². The van der Waals surface area contributed by atoms with Crippen molar-refractivity contribution in [1.82, 2.24) is 5.32 Å². The van der Waals surface area contributed by atoms with Crippen molar-refractivity contribution >= 4 is 0 Å². The maximum absolute atomic E-state index is 11.0. The number of aryl methyl sites for hydroxylation is 1. The van der Waals surface area contributed by atoms with E-state index in [1.807, 2.05) is 12.1 Å². The molecule has 2 unspecified atom stereocenters. The molecule has 0 spiro atoms. The van der Waals surface area contributed by atoms with Crippen LogP contribution in [0.3, 0.4) is 0 Å². The van der Waals surface area contributed by atoms with E-state index in [4.69, 9.17) is 9.47 Å². The molecule has 0 saturated heterocycles. The summed E-state index contributed by atoms with van der Waals surface area (Å²) in [5, 5.41) is 14.9. The third-order valence-corrected chi connectivity index (χ3v) is 7.47. The Kier molecular flexibility index (Phi) is 5.03. The number of nitrogens with one attached hydrogen (secondary N) is 1. The van der Waals surface area contributed by atoms with Crippen molar-refractivity contribution in [3.8, 4) is 11.5 Å². The second kappa shape index (κ2) is 7.58. The van der Waals surface area contributed by atoms with Crippen molar-refractivity contribution < 1.29 is 14.6 Å². The smallest absolute Gasteiger partial charge is 0.166 e. The Morgan fingerprint density at radius 1 is 1.03 bits per heavy atom. The molecule has 4 saturated carbocycles. The van der Waals surface area contributed by atoms with Crippen LogP contribution in [-0.4, -0.2) is 23.4 Å². The fourth-order valence-electron chi connectivity index (χ4n) is 6.57. The zero-order chi connectivity index (χ0) is 20.8. The first-order chi connectivity index (χ1) is 14.5. The van der Waals surface area contributed by atoms with Crippen LogP contribution in [0.4, 0.5) is 0 Å². The Labute approximate surface area is 179 Å². The summed E-state index contributed by atoms with van der Waals surface area (Å²) in [7, 11) is 1.69. The molecule has 4 bridgehead atoms. The monoisotopic (exact) mass is 407 g/mol. The number of aliphatic hydroxyl groups is 1. The van der Waals surface area contributed by atoms with Crippen molar-refractivity contribution in [3.63, 3.8) is 0 Å². The molecule has 4 heteroatoms. The quantitative estimate of drug-likeness (QED) is 0.695. The summed E-state index contributed by atoms with van der Waals surface area (Å²) in [6.45, 7) is 3.34. The third kappa shape index (κ3) is 3.83. The minimum atomic E-state index is -0.448. The van der Waals surface area contributed by atoms with Crippen LogP contribution in [0.5, 0.6) is 11.5 Å². The Hall–Kier alpha value is -2.04.